The maximum Gasteiger partial charge on any atom is 0.156 e. The molecule has 0 saturated carbocycles. The third-order valence-corrected chi connectivity index (χ3v) is 3.24. The summed E-state index contributed by atoms with van der Waals surface area (Å²) in [4.78, 5) is 11.5. The van der Waals surface area contributed by atoms with Crippen molar-refractivity contribution in [2.75, 3.05) is 0 Å². The van der Waals surface area contributed by atoms with Gasteiger partial charge in [-0.3, -0.25) is 4.79 Å². The predicted molar refractivity (Wildman–Crippen MR) is 62.9 cm³/mol. The van der Waals surface area contributed by atoms with E-state index in [2.05, 4.69) is 0 Å². The summed E-state index contributed by atoms with van der Waals surface area (Å²) in [6, 6.07) is 0. The van der Waals surface area contributed by atoms with Gasteiger partial charge >= 0.3 is 0 Å². The van der Waals surface area contributed by atoms with E-state index in [1.807, 2.05) is 13.8 Å². The number of carbonyl (C=O) groups excluding carboxylic acids is 1. The van der Waals surface area contributed by atoms with E-state index in [0.29, 0.717) is 12.0 Å². The minimum Gasteiger partial charge on any atom is -0.389 e. The van der Waals surface area contributed by atoms with Gasteiger partial charge in [0.2, 0.25) is 0 Å². The fourth-order valence-electron chi connectivity index (χ4n) is 2.14. The van der Waals surface area contributed by atoms with Crippen LogP contribution in [0.25, 0.3) is 0 Å². The molecule has 16 heavy (non-hydrogen) atoms. The zero-order valence-corrected chi connectivity index (χ0v) is 10.3. The predicted octanol–water partition coefficient (Wildman–Crippen LogP) is 1.60. The quantitative estimate of drug-likeness (QED) is 0.700. The third-order valence-electron chi connectivity index (χ3n) is 3.24. The molecule has 0 unspecified atom stereocenters. The number of carbonyl (C=O) groups is 1. The van der Waals surface area contributed by atoms with Crippen LogP contribution in [0.1, 0.15) is 34.1 Å². The highest BCUT2D eigenvalue weighted by Crippen LogP contribution is 2.44. The summed E-state index contributed by atoms with van der Waals surface area (Å²) < 4.78 is 0. The number of ketones is 1. The molecule has 0 fully saturated rings. The fraction of sp³-hybridized carbons (Fsp3) is 0.615. The van der Waals surface area contributed by atoms with Gasteiger partial charge in [0.05, 0.1) is 6.10 Å². The van der Waals surface area contributed by atoms with E-state index in [4.69, 9.17) is 0 Å². The van der Waals surface area contributed by atoms with Gasteiger partial charge in [0.25, 0.3) is 0 Å². The molecule has 0 spiro atoms. The summed E-state index contributed by atoms with van der Waals surface area (Å²) in [7, 11) is 0. The van der Waals surface area contributed by atoms with Crippen LogP contribution in [0.5, 0.6) is 0 Å². The molecule has 2 atom stereocenters. The van der Waals surface area contributed by atoms with Crippen molar-refractivity contribution in [3.05, 3.63) is 23.8 Å². The van der Waals surface area contributed by atoms with Gasteiger partial charge in [-0.25, -0.2) is 0 Å². The summed E-state index contributed by atoms with van der Waals surface area (Å²) in [6.45, 7) is 7.08. The Labute approximate surface area is 96.5 Å². The summed E-state index contributed by atoms with van der Waals surface area (Å²) >= 11 is 0. The van der Waals surface area contributed by atoms with E-state index in [0.717, 1.165) is 0 Å². The van der Waals surface area contributed by atoms with Crippen molar-refractivity contribution in [3.63, 3.8) is 0 Å². The Kier molecular flexibility index (Phi) is 3.41. The molecule has 1 aliphatic rings. The lowest BCUT2D eigenvalue weighted by Gasteiger charge is -2.44. The highest BCUT2D eigenvalue weighted by Gasteiger charge is 2.46. The van der Waals surface area contributed by atoms with Crippen LogP contribution >= 0.6 is 0 Å². The SMILES string of the molecule is CC1=CC(=O)CC(C)(C)[C@]1(O)/C=C\[C@@H](C)O. The Morgan fingerprint density at radius 1 is 1.50 bits per heavy atom. The second kappa shape index (κ2) is 4.15. The molecular formula is C13H20O3. The molecule has 0 aromatic rings. The van der Waals surface area contributed by atoms with Crippen LogP contribution in [-0.4, -0.2) is 27.7 Å². The molecule has 0 radical (unpaired) electrons. The lowest BCUT2D eigenvalue weighted by atomic mass is 9.64. The molecule has 0 bridgehead atoms. The van der Waals surface area contributed by atoms with Crippen molar-refractivity contribution >= 4 is 5.78 Å². The lowest BCUT2D eigenvalue weighted by molar-refractivity contribution is -0.121. The number of rotatable bonds is 2. The molecule has 0 aromatic heterocycles. The Bertz CT molecular complexity index is 350. The summed E-state index contributed by atoms with van der Waals surface area (Å²) in [5.41, 5.74) is -1.07. The number of aliphatic hydroxyl groups excluding tert-OH is 1. The highest BCUT2D eigenvalue weighted by molar-refractivity contribution is 5.92. The highest BCUT2D eigenvalue weighted by atomic mass is 16.3. The van der Waals surface area contributed by atoms with E-state index in [1.54, 1.807) is 26.0 Å². The van der Waals surface area contributed by atoms with Crippen LogP contribution in [0.15, 0.2) is 23.8 Å². The summed E-state index contributed by atoms with van der Waals surface area (Å²) in [5, 5.41) is 19.8. The summed E-state index contributed by atoms with van der Waals surface area (Å²) in [6.07, 6.45) is 4.33. The van der Waals surface area contributed by atoms with Crippen LogP contribution < -0.4 is 0 Å². The first-order valence-corrected chi connectivity index (χ1v) is 5.50. The molecule has 1 aliphatic carbocycles. The lowest BCUT2D eigenvalue weighted by Crippen LogP contribution is -2.48. The van der Waals surface area contributed by atoms with E-state index in [-0.39, 0.29) is 5.78 Å². The first-order chi connectivity index (χ1) is 7.19. The molecular weight excluding hydrogens is 204 g/mol. The van der Waals surface area contributed by atoms with E-state index in [1.165, 1.54) is 6.08 Å². The molecule has 90 valence electrons. The smallest absolute Gasteiger partial charge is 0.156 e. The van der Waals surface area contributed by atoms with Gasteiger partial charge in [-0.15, -0.1) is 0 Å². The van der Waals surface area contributed by atoms with Crippen molar-refractivity contribution in [1.82, 2.24) is 0 Å². The molecule has 0 amide bonds. The van der Waals surface area contributed by atoms with E-state index < -0.39 is 17.1 Å². The Morgan fingerprint density at radius 2 is 2.06 bits per heavy atom. The normalized spacial score (nSPS) is 31.6. The first kappa shape index (κ1) is 13.1. The van der Waals surface area contributed by atoms with Crippen molar-refractivity contribution in [2.45, 2.75) is 45.8 Å². The molecule has 0 saturated heterocycles. The maximum atomic E-state index is 11.5. The zero-order chi connectivity index (χ0) is 12.6. The van der Waals surface area contributed by atoms with Gasteiger partial charge in [-0.2, -0.15) is 0 Å². The monoisotopic (exact) mass is 224 g/mol. The standard InChI is InChI=1S/C13H20O3/c1-9-7-11(15)8-12(3,4)13(9,16)6-5-10(2)14/h5-7,10,14,16H,8H2,1-4H3/b6-5-/t10-,13+/m1/s1. The maximum absolute atomic E-state index is 11.5. The number of hydrogen-bond acceptors (Lipinski definition) is 3. The number of aliphatic hydroxyl groups is 2. The molecule has 3 nitrogen and oxygen atoms in total. The molecule has 3 heteroatoms. The average molecular weight is 224 g/mol. The largest absolute Gasteiger partial charge is 0.389 e. The van der Waals surface area contributed by atoms with Gasteiger partial charge in [0.15, 0.2) is 5.78 Å². The van der Waals surface area contributed by atoms with Crippen molar-refractivity contribution in [2.24, 2.45) is 5.41 Å². The van der Waals surface area contributed by atoms with Gasteiger partial charge in [-0.1, -0.05) is 19.9 Å². The molecule has 0 heterocycles. The third kappa shape index (κ3) is 2.25. The Hall–Kier alpha value is -0.930. The second-order valence-electron chi connectivity index (χ2n) is 5.22. The Balaban J connectivity index is 3.16. The van der Waals surface area contributed by atoms with Gasteiger partial charge in [0.1, 0.15) is 5.60 Å². The molecule has 2 N–H and O–H groups in total. The van der Waals surface area contributed by atoms with E-state index in [9.17, 15) is 15.0 Å². The summed E-state index contributed by atoms with van der Waals surface area (Å²) in [5.74, 6) is 0.0395. The average Bonchev–Trinajstić information content (AvgIpc) is 2.10. The van der Waals surface area contributed by atoms with Crippen LogP contribution in [0.3, 0.4) is 0 Å². The van der Waals surface area contributed by atoms with Crippen LogP contribution in [0.2, 0.25) is 0 Å². The van der Waals surface area contributed by atoms with Crippen LogP contribution in [0.4, 0.5) is 0 Å². The number of allylic oxidation sites excluding steroid dienone is 1. The number of hydrogen-bond donors (Lipinski definition) is 2. The molecule has 1 rings (SSSR count). The van der Waals surface area contributed by atoms with Crippen LogP contribution in [-0.2, 0) is 4.79 Å². The van der Waals surface area contributed by atoms with Gasteiger partial charge in [0, 0.05) is 11.8 Å². The zero-order valence-electron chi connectivity index (χ0n) is 10.3. The molecule has 0 aromatic carbocycles. The van der Waals surface area contributed by atoms with Crippen molar-refractivity contribution in [1.29, 1.82) is 0 Å². The van der Waals surface area contributed by atoms with Crippen LogP contribution in [0, 0.1) is 5.41 Å². The minimum atomic E-state index is -1.15. The van der Waals surface area contributed by atoms with Crippen molar-refractivity contribution in [3.8, 4) is 0 Å². The second-order valence-corrected chi connectivity index (χ2v) is 5.22. The first-order valence-electron chi connectivity index (χ1n) is 5.50. The van der Waals surface area contributed by atoms with Gasteiger partial charge in [-0.05, 0) is 31.6 Å². The minimum absolute atomic E-state index is 0.0395. The topological polar surface area (TPSA) is 57.5 Å². The van der Waals surface area contributed by atoms with Gasteiger partial charge < -0.3 is 10.2 Å². The van der Waals surface area contributed by atoms with E-state index >= 15 is 0 Å². The molecule has 0 aliphatic heterocycles. The fourth-order valence-corrected chi connectivity index (χ4v) is 2.14. The Morgan fingerprint density at radius 3 is 2.50 bits per heavy atom. The van der Waals surface area contributed by atoms with Crippen molar-refractivity contribution < 1.29 is 15.0 Å².